The Morgan fingerprint density at radius 1 is 1.33 bits per heavy atom. The Morgan fingerprint density at radius 3 is 2.44 bits per heavy atom. The molecule has 0 saturated heterocycles. The van der Waals surface area contributed by atoms with E-state index in [0.29, 0.717) is 17.5 Å². The summed E-state index contributed by atoms with van der Waals surface area (Å²) < 4.78 is 0. The maximum absolute atomic E-state index is 11.4. The molecule has 0 aromatic heterocycles. The molecule has 0 saturated carbocycles. The number of hydrogen-bond donors (Lipinski definition) is 2. The molecular formula is C13H15BrO4. The van der Waals surface area contributed by atoms with Crippen LogP contribution < -0.4 is 0 Å². The number of Topliss-reactive ketones (excluding diaryl/α,β-unsaturated/α-hetero) is 1. The first-order valence-electron chi connectivity index (χ1n) is 5.60. The Kier molecular flexibility index (Phi) is 5.50. The van der Waals surface area contributed by atoms with Crippen molar-refractivity contribution in [1.29, 1.82) is 0 Å². The number of aliphatic hydroxyl groups excluding tert-OH is 1. The van der Waals surface area contributed by atoms with Crippen LogP contribution >= 0.6 is 15.9 Å². The van der Waals surface area contributed by atoms with E-state index in [1.165, 1.54) is 0 Å². The summed E-state index contributed by atoms with van der Waals surface area (Å²) in [6, 6.07) is 5.22. The molecule has 1 aromatic carbocycles. The van der Waals surface area contributed by atoms with Gasteiger partial charge in [0.15, 0.2) is 6.10 Å². The number of aryl methyl sites for hydroxylation is 1. The fraction of sp³-hybridized carbons (Fsp3) is 0.385. The molecule has 1 unspecified atom stereocenters. The first-order chi connectivity index (χ1) is 8.51. The number of halogens is 1. The van der Waals surface area contributed by atoms with Crippen LogP contribution in [0.5, 0.6) is 0 Å². The maximum atomic E-state index is 11.4. The Bertz CT molecular complexity index is 456. The predicted molar refractivity (Wildman–Crippen MR) is 70.9 cm³/mol. The molecule has 1 aromatic rings. The van der Waals surface area contributed by atoms with Crippen LogP contribution in [0.2, 0.25) is 0 Å². The minimum atomic E-state index is -1.58. The normalized spacial score (nSPS) is 12.2. The molecule has 0 aliphatic rings. The van der Waals surface area contributed by atoms with Gasteiger partial charge in [0.1, 0.15) is 5.78 Å². The van der Waals surface area contributed by atoms with E-state index in [-0.39, 0.29) is 17.5 Å². The summed E-state index contributed by atoms with van der Waals surface area (Å²) in [7, 11) is 0. The molecule has 0 aliphatic heterocycles. The molecule has 98 valence electrons. The molecule has 18 heavy (non-hydrogen) atoms. The van der Waals surface area contributed by atoms with Crippen LogP contribution in [-0.2, 0) is 22.4 Å². The van der Waals surface area contributed by atoms with Gasteiger partial charge in [-0.05, 0) is 23.1 Å². The van der Waals surface area contributed by atoms with Crippen molar-refractivity contribution in [2.75, 3.05) is 5.33 Å². The second-order valence-electron chi connectivity index (χ2n) is 3.93. The highest BCUT2D eigenvalue weighted by Crippen LogP contribution is 2.24. The third kappa shape index (κ3) is 3.40. The minimum absolute atomic E-state index is 0.0536. The van der Waals surface area contributed by atoms with E-state index in [4.69, 9.17) is 5.11 Å². The average Bonchev–Trinajstić information content (AvgIpc) is 2.37. The Labute approximate surface area is 114 Å². The SMILES string of the molecule is CCc1cccc(CC(=O)CBr)c1C(O)C(=O)O. The fourth-order valence-corrected chi connectivity index (χ4v) is 2.06. The topological polar surface area (TPSA) is 74.6 Å². The van der Waals surface area contributed by atoms with Gasteiger partial charge >= 0.3 is 5.97 Å². The van der Waals surface area contributed by atoms with Crippen molar-refractivity contribution in [3.05, 3.63) is 34.9 Å². The molecule has 0 amide bonds. The van der Waals surface area contributed by atoms with E-state index in [9.17, 15) is 14.7 Å². The number of alkyl halides is 1. The fourth-order valence-electron chi connectivity index (χ4n) is 1.86. The number of aliphatic carboxylic acids is 1. The summed E-state index contributed by atoms with van der Waals surface area (Å²) in [5, 5.41) is 18.9. The minimum Gasteiger partial charge on any atom is -0.479 e. The molecule has 0 aliphatic carbocycles. The van der Waals surface area contributed by atoms with Crippen molar-refractivity contribution < 1.29 is 19.8 Å². The lowest BCUT2D eigenvalue weighted by Gasteiger charge is -2.16. The number of hydrogen-bond acceptors (Lipinski definition) is 3. The van der Waals surface area contributed by atoms with Crippen LogP contribution in [0.4, 0.5) is 0 Å². The van der Waals surface area contributed by atoms with Gasteiger partial charge in [0.2, 0.25) is 0 Å². The lowest BCUT2D eigenvalue weighted by Crippen LogP contribution is -2.17. The van der Waals surface area contributed by atoms with Gasteiger partial charge in [-0.1, -0.05) is 41.1 Å². The van der Waals surface area contributed by atoms with Crippen molar-refractivity contribution >= 4 is 27.7 Å². The third-order valence-electron chi connectivity index (χ3n) is 2.71. The second kappa shape index (κ2) is 6.66. The number of carboxylic acid groups (broad SMARTS) is 1. The summed E-state index contributed by atoms with van der Waals surface area (Å²) in [6.45, 7) is 1.88. The van der Waals surface area contributed by atoms with E-state index in [0.717, 1.165) is 5.56 Å². The number of aliphatic hydroxyl groups is 1. The second-order valence-corrected chi connectivity index (χ2v) is 4.49. The van der Waals surface area contributed by atoms with Crippen LogP contribution in [0, 0.1) is 0 Å². The number of benzene rings is 1. The van der Waals surface area contributed by atoms with E-state index >= 15 is 0 Å². The van der Waals surface area contributed by atoms with E-state index in [2.05, 4.69) is 15.9 Å². The number of carbonyl (C=O) groups excluding carboxylic acids is 1. The summed E-state index contributed by atoms with van der Waals surface area (Å²) in [5.41, 5.74) is 1.68. The van der Waals surface area contributed by atoms with Crippen LogP contribution in [0.3, 0.4) is 0 Å². The highest BCUT2D eigenvalue weighted by Gasteiger charge is 2.23. The van der Waals surface area contributed by atoms with Gasteiger partial charge in [0.25, 0.3) is 0 Å². The highest BCUT2D eigenvalue weighted by atomic mass is 79.9. The van der Waals surface area contributed by atoms with Crippen molar-refractivity contribution in [1.82, 2.24) is 0 Å². The molecule has 1 rings (SSSR count). The molecule has 4 nitrogen and oxygen atoms in total. The van der Waals surface area contributed by atoms with Crippen molar-refractivity contribution in [3.8, 4) is 0 Å². The molecule has 0 fully saturated rings. The first-order valence-corrected chi connectivity index (χ1v) is 6.72. The van der Waals surface area contributed by atoms with Crippen LogP contribution in [0.15, 0.2) is 18.2 Å². The molecule has 2 N–H and O–H groups in total. The quantitative estimate of drug-likeness (QED) is 0.786. The summed E-state index contributed by atoms with van der Waals surface area (Å²) in [5.74, 6) is -1.36. The smallest absolute Gasteiger partial charge is 0.337 e. The van der Waals surface area contributed by atoms with Gasteiger partial charge < -0.3 is 10.2 Å². The van der Waals surface area contributed by atoms with Gasteiger partial charge in [0.05, 0.1) is 5.33 Å². The molecular weight excluding hydrogens is 300 g/mol. The Hall–Kier alpha value is -1.20. The van der Waals surface area contributed by atoms with Gasteiger partial charge in [0, 0.05) is 6.42 Å². The zero-order valence-corrected chi connectivity index (χ0v) is 11.6. The number of carbonyl (C=O) groups is 2. The van der Waals surface area contributed by atoms with Crippen molar-refractivity contribution in [3.63, 3.8) is 0 Å². The van der Waals surface area contributed by atoms with Gasteiger partial charge in [-0.25, -0.2) is 4.79 Å². The van der Waals surface area contributed by atoms with Crippen molar-refractivity contribution in [2.24, 2.45) is 0 Å². The number of carboxylic acids is 1. The monoisotopic (exact) mass is 314 g/mol. The lowest BCUT2D eigenvalue weighted by molar-refractivity contribution is -0.147. The van der Waals surface area contributed by atoms with Gasteiger partial charge in [-0.3, -0.25) is 4.79 Å². The average molecular weight is 315 g/mol. The largest absolute Gasteiger partial charge is 0.479 e. The van der Waals surface area contributed by atoms with Crippen LogP contribution in [0.1, 0.15) is 29.7 Å². The number of ketones is 1. The van der Waals surface area contributed by atoms with E-state index < -0.39 is 12.1 Å². The molecule has 1 atom stereocenters. The highest BCUT2D eigenvalue weighted by molar-refractivity contribution is 9.09. The van der Waals surface area contributed by atoms with Crippen LogP contribution in [0.25, 0.3) is 0 Å². The zero-order chi connectivity index (χ0) is 13.7. The van der Waals surface area contributed by atoms with Crippen LogP contribution in [-0.4, -0.2) is 27.3 Å². The van der Waals surface area contributed by atoms with Gasteiger partial charge in [-0.2, -0.15) is 0 Å². The molecule has 0 radical (unpaired) electrons. The standard InChI is InChI=1S/C13H15BrO4/c1-2-8-4-3-5-9(6-10(15)7-14)11(8)12(16)13(17)18/h3-5,12,16H,2,6-7H2,1H3,(H,17,18). The summed E-state index contributed by atoms with van der Waals surface area (Å²) in [4.78, 5) is 22.4. The van der Waals surface area contributed by atoms with Crippen molar-refractivity contribution in [2.45, 2.75) is 25.9 Å². The van der Waals surface area contributed by atoms with Gasteiger partial charge in [-0.15, -0.1) is 0 Å². The molecule has 0 heterocycles. The Balaban J connectivity index is 3.24. The molecule has 0 bridgehead atoms. The Morgan fingerprint density at radius 2 is 1.94 bits per heavy atom. The van der Waals surface area contributed by atoms with E-state index in [1.807, 2.05) is 6.92 Å². The number of rotatable bonds is 6. The first kappa shape index (κ1) is 14.9. The lowest BCUT2D eigenvalue weighted by atomic mass is 9.92. The summed E-state index contributed by atoms with van der Waals surface area (Å²) >= 11 is 3.07. The molecule has 0 spiro atoms. The predicted octanol–water partition coefficient (Wildman–Crippen LogP) is 1.87. The molecule has 5 heteroatoms. The zero-order valence-electron chi connectivity index (χ0n) is 10.0. The third-order valence-corrected chi connectivity index (χ3v) is 3.34. The van der Waals surface area contributed by atoms with E-state index in [1.54, 1.807) is 18.2 Å². The maximum Gasteiger partial charge on any atom is 0.337 e. The summed E-state index contributed by atoms with van der Waals surface area (Å²) in [6.07, 6.45) is -0.853.